The van der Waals surface area contributed by atoms with Crippen LogP contribution in [0, 0.1) is 6.92 Å². The standard InChI is InChI=1S/C24H29NO7/c1-15(2)14-31-20-6-5-17(12-21(20)29-4)18(13-22(27)25-7-9-30-10-8-25)24-23(28)19(26)11-16(3)32-24/h5-6,11-12,18,28H,1,7-10,13-14H2,2-4H3/t18-/m1/s1. The van der Waals surface area contributed by atoms with E-state index in [9.17, 15) is 14.7 Å². The minimum Gasteiger partial charge on any atom is -0.502 e. The van der Waals surface area contributed by atoms with E-state index >= 15 is 0 Å². The number of amides is 1. The molecule has 0 unspecified atom stereocenters. The van der Waals surface area contributed by atoms with Crippen LogP contribution < -0.4 is 14.9 Å². The van der Waals surface area contributed by atoms with E-state index in [4.69, 9.17) is 18.6 Å². The van der Waals surface area contributed by atoms with Crippen LogP contribution in [0.5, 0.6) is 17.2 Å². The third-order valence-electron chi connectivity index (χ3n) is 5.20. The Hall–Kier alpha value is -3.26. The van der Waals surface area contributed by atoms with Gasteiger partial charge in [0.2, 0.25) is 17.1 Å². The first kappa shape index (κ1) is 23.4. The fourth-order valence-electron chi connectivity index (χ4n) is 3.56. The van der Waals surface area contributed by atoms with Crippen molar-refractivity contribution in [3.63, 3.8) is 0 Å². The molecule has 1 aromatic heterocycles. The quantitative estimate of drug-likeness (QED) is 0.626. The molecule has 8 heteroatoms. The second-order valence-corrected chi connectivity index (χ2v) is 7.84. The SMILES string of the molecule is C=C(C)COc1ccc([C@@H](CC(=O)N2CCOCC2)c2oc(C)cc(=O)c2O)cc1OC. The lowest BCUT2D eigenvalue weighted by Crippen LogP contribution is -2.41. The molecule has 3 rings (SSSR count). The zero-order valence-corrected chi connectivity index (χ0v) is 18.7. The molecule has 1 fully saturated rings. The zero-order chi connectivity index (χ0) is 23.3. The van der Waals surface area contributed by atoms with Crippen LogP contribution in [-0.2, 0) is 9.53 Å². The van der Waals surface area contributed by atoms with Gasteiger partial charge in [-0.05, 0) is 37.1 Å². The maximum Gasteiger partial charge on any atom is 0.227 e. The average molecular weight is 443 g/mol. The number of morpholine rings is 1. The van der Waals surface area contributed by atoms with E-state index in [1.807, 2.05) is 6.92 Å². The molecule has 1 aliphatic rings. The Bertz CT molecular complexity index is 1040. The minimum absolute atomic E-state index is 0.00901. The number of ether oxygens (including phenoxy) is 3. The molecule has 0 bridgehead atoms. The largest absolute Gasteiger partial charge is 0.502 e. The van der Waals surface area contributed by atoms with Gasteiger partial charge in [-0.15, -0.1) is 0 Å². The summed E-state index contributed by atoms with van der Waals surface area (Å²) in [7, 11) is 1.52. The van der Waals surface area contributed by atoms with Crippen LogP contribution >= 0.6 is 0 Å². The first-order valence-corrected chi connectivity index (χ1v) is 10.4. The summed E-state index contributed by atoms with van der Waals surface area (Å²) >= 11 is 0. The lowest BCUT2D eigenvalue weighted by atomic mass is 9.91. The molecule has 1 aliphatic heterocycles. The van der Waals surface area contributed by atoms with Crippen molar-refractivity contribution in [2.75, 3.05) is 40.0 Å². The van der Waals surface area contributed by atoms with Crippen molar-refractivity contribution in [1.29, 1.82) is 0 Å². The van der Waals surface area contributed by atoms with Crippen molar-refractivity contribution in [2.45, 2.75) is 26.2 Å². The molecule has 0 spiro atoms. The number of carbonyl (C=O) groups excluding carboxylic acids is 1. The van der Waals surface area contributed by atoms with Crippen LogP contribution in [0.15, 0.2) is 45.6 Å². The van der Waals surface area contributed by atoms with Crippen LogP contribution in [0.4, 0.5) is 0 Å². The van der Waals surface area contributed by atoms with Crippen molar-refractivity contribution in [3.8, 4) is 17.2 Å². The van der Waals surface area contributed by atoms with Gasteiger partial charge in [0.15, 0.2) is 17.3 Å². The molecule has 32 heavy (non-hydrogen) atoms. The molecule has 1 amide bonds. The van der Waals surface area contributed by atoms with E-state index in [-0.39, 0.29) is 18.1 Å². The minimum atomic E-state index is -0.693. The molecule has 172 valence electrons. The van der Waals surface area contributed by atoms with Crippen molar-refractivity contribution >= 4 is 5.91 Å². The first-order chi connectivity index (χ1) is 15.3. The van der Waals surface area contributed by atoms with Gasteiger partial charge < -0.3 is 28.6 Å². The molecule has 1 saturated heterocycles. The van der Waals surface area contributed by atoms with Crippen molar-refractivity contribution in [3.05, 3.63) is 63.7 Å². The average Bonchev–Trinajstić information content (AvgIpc) is 2.79. The van der Waals surface area contributed by atoms with Gasteiger partial charge in [0.1, 0.15) is 12.4 Å². The maximum atomic E-state index is 13.0. The molecule has 0 saturated carbocycles. The Balaban J connectivity index is 2.01. The van der Waals surface area contributed by atoms with Crippen LogP contribution in [0.1, 0.15) is 36.3 Å². The van der Waals surface area contributed by atoms with Gasteiger partial charge >= 0.3 is 0 Å². The summed E-state index contributed by atoms with van der Waals surface area (Å²) in [4.78, 5) is 27.0. The number of hydrogen-bond donors (Lipinski definition) is 1. The lowest BCUT2D eigenvalue weighted by molar-refractivity contribution is -0.135. The molecule has 2 aromatic rings. The highest BCUT2D eigenvalue weighted by atomic mass is 16.5. The predicted molar refractivity (Wildman–Crippen MR) is 119 cm³/mol. The second-order valence-electron chi connectivity index (χ2n) is 7.84. The van der Waals surface area contributed by atoms with Crippen LogP contribution in [0.3, 0.4) is 0 Å². The van der Waals surface area contributed by atoms with Gasteiger partial charge in [0.25, 0.3) is 0 Å². The molecule has 1 aromatic carbocycles. The summed E-state index contributed by atoms with van der Waals surface area (Å²) < 4.78 is 22.3. The Morgan fingerprint density at radius 1 is 1.25 bits per heavy atom. The highest BCUT2D eigenvalue weighted by Gasteiger charge is 2.29. The second kappa shape index (κ2) is 10.4. The summed E-state index contributed by atoms with van der Waals surface area (Å²) in [5.41, 5.74) is 0.952. The van der Waals surface area contributed by atoms with E-state index in [1.54, 1.807) is 30.0 Å². The fraction of sp³-hybridized carbons (Fsp3) is 0.417. The van der Waals surface area contributed by atoms with Crippen LogP contribution in [0.25, 0.3) is 0 Å². The number of benzene rings is 1. The van der Waals surface area contributed by atoms with Crippen molar-refractivity contribution in [1.82, 2.24) is 4.90 Å². The van der Waals surface area contributed by atoms with E-state index in [1.165, 1.54) is 13.2 Å². The van der Waals surface area contributed by atoms with Crippen LogP contribution in [-0.4, -0.2) is 55.9 Å². The Labute approximate surface area is 187 Å². The van der Waals surface area contributed by atoms with Gasteiger partial charge in [-0.25, -0.2) is 0 Å². The summed E-state index contributed by atoms with van der Waals surface area (Å²) in [6.45, 7) is 9.58. The number of hydrogen-bond acceptors (Lipinski definition) is 7. The molecule has 1 atom stereocenters. The Morgan fingerprint density at radius 3 is 2.62 bits per heavy atom. The van der Waals surface area contributed by atoms with Gasteiger partial charge in [-0.3, -0.25) is 9.59 Å². The van der Waals surface area contributed by atoms with Gasteiger partial charge in [0, 0.05) is 25.6 Å². The summed E-state index contributed by atoms with van der Waals surface area (Å²) in [5.74, 6) is 0.0613. The van der Waals surface area contributed by atoms with E-state index < -0.39 is 17.1 Å². The number of aryl methyl sites for hydroxylation is 1. The van der Waals surface area contributed by atoms with E-state index in [2.05, 4.69) is 6.58 Å². The van der Waals surface area contributed by atoms with Gasteiger partial charge in [0.05, 0.1) is 26.2 Å². The van der Waals surface area contributed by atoms with Crippen LogP contribution in [0.2, 0.25) is 0 Å². The first-order valence-electron chi connectivity index (χ1n) is 10.4. The monoisotopic (exact) mass is 443 g/mol. The molecule has 0 radical (unpaired) electrons. The summed E-state index contributed by atoms with van der Waals surface area (Å²) in [6, 6.07) is 6.45. The van der Waals surface area contributed by atoms with Crippen molar-refractivity contribution in [2.24, 2.45) is 0 Å². The van der Waals surface area contributed by atoms with E-state index in [0.29, 0.717) is 55.7 Å². The molecular weight excluding hydrogens is 414 g/mol. The Morgan fingerprint density at radius 2 is 1.97 bits per heavy atom. The third-order valence-corrected chi connectivity index (χ3v) is 5.20. The fourth-order valence-corrected chi connectivity index (χ4v) is 3.56. The summed E-state index contributed by atoms with van der Waals surface area (Å²) in [6.07, 6.45) is 0.00901. The smallest absolute Gasteiger partial charge is 0.227 e. The highest BCUT2D eigenvalue weighted by molar-refractivity contribution is 5.78. The number of rotatable bonds is 8. The molecule has 2 heterocycles. The number of nitrogens with zero attached hydrogens (tertiary/aromatic N) is 1. The third kappa shape index (κ3) is 5.50. The summed E-state index contributed by atoms with van der Waals surface area (Å²) in [5, 5.41) is 10.5. The molecule has 8 nitrogen and oxygen atoms in total. The number of carbonyl (C=O) groups is 1. The molecule has 1 N–H and O–H groups in total. The molecule has 0 aliphatic carbocycles. The zero-order valence-electron chi connectivity index (χ0n) is 18.7. The topological polar surface area (TPSA) is 98.4 Å². The molecular formula is C24H29NO7. The highest BCUT2D eigenvalue weighted by Crippen LogP contribution is 2.38. The Kier molecular flexibility index (Phi) is 7.58. The number of methoxy groups -OCH3 is 1. The van der Waals surface area contributed by atoms with Gasteiger partial charge in [-0.1, -0.05) is 12.6 Å². The maximum absolute atomic E-state index is 13.0. The normalized spacial score (nSPS) is 14.7. The van der Waals surface area contributed by atoms with Crippen molar-refractivity contribution < 1.29 is 28.5 Å². The lowest BCUT2D eigenvalue weighted by Gasteiger charge is -2.28. The predicted octanol–water partition coefficient (Wildman–Crippen LogP) is 3.00. The number of aromatic hydroxyl groups is 1. The van der Waals surface area contributed by atoms with Gasteiger partial charge in [-0.2, -0.15) is 0 Å². The van der Waals surface area contributed by atoms with E-state index in [0.717, 1.165) is 5.57 Å².